The standard InChI is InChI=1S/C41H51NO7S/c1-23-34-29(20-30(48-25(3)44)35(23)49-26(4)45)39(7)17-19-41(9)33-22-38(6,36(46)47)15-14-37(33,5)16-18-40(41,8)32(39)21-31(34)50-28-12-10-27(11-13-28)42-24(2)43/h10-13,20-21,31,33H,14-19,22H2,1-9H3,(H,42,43)(H,46,47)/t31?,33-,37-,38-,39+,40-,41+/m1/s1. The molecule has 50 heavy (non-hydrogen) atoms. The van der Waals surface area contributed by atoms with Gasteiger partial charge < -0.3 is 19.9 Å². The highest BCUT2D eigenvalue weighted by Crippen LogP contribution is 2.75. The minimum atomic E-state index is -0.745. The van der Waals surface area contributed by atoms with E-state index in [2.05, 4.69) is 39.1 Å². The van der Waals surface area contributed by atoms with Crippen molar-refractivity contribution in [1.29, 1.82) is 0 Å². The predicted octanol–water partition coefficient (Wildman–Crippen LogP) is 9.33. The highest BCUT2D eigenvalue weighted by Gasteiger charge is 2.67. The van der Waals surface area contributed by atoms with Gasteiger partial charge in [0.2, 0.25) is 5.91 Å². The zero-order valence-corrected chi connectivity index (χ0v) is 31.7. The lowest BCUT2D eigenvalue weighted by Crippen LogP contribution is -2.62. The van der Waals surface area contributed by atoms with E-state index in [1.807, 2.05) is 44.2 Å². The van der Waals surface area contributed by atoms with Crippen molar-refractivity contribution in [3.8, 4) is 11.5 Å². The highest BCUT2D eigenvalue weighted by molar-refractivity contribution is 7.99. The van der Waals surface area contributed by atoms with E-state index in [1.165, 1.54) is 26.3 Å². The zero-order chi connectivity index (χ0) is 36.6. The molecule has 0 aliphatic heterocycles. The Bertz CT molecular complexity index is 1820. The van der Waals surface area contributed by atoms with Crippen LogP contribution in [0.4, 0.5) is 5.69 Å². The van der Waals surface area contributed by atoms with E-state index in [-0.39, 0.29) is 44.8 Å². The fraction of sp³-hybridized carbons (Fsp3) is 0.561. The predicted molar refractivity (Wildman–Crippen MR) is 194 cm³/mol. The number of anilines is 1. The molecule has 9 heteroatoms. The number of benzene rings is 2. The number of carbonyl (C=O) groups excluding carboxylic acids is 3. The quantitative estimate of drug-likeness (QED) is 0.174. The normalized spacial score (nSPS) is 34.1. The monoisotopic (exact) mass is 701 g/mol. The molecule has 1 unspecified atom stereocenters. The molecule has 2 aromatic rings. The largest absolute Gasteiger partial charge is 0.481 e. The van der Waals surface area contributed by atoms with Crippen LogP contribution in [-0.4, -0.2) is 28.9 Å². The van der Waals surface area contributed by atoms with Gasteiger partial charge in [-0.2, -0.15) is 0 Å². The average Bonchev–Trinajstić information content (AvgIpc) is 3.02. The number of nitrogens with one attached hydrogen (secondary N) is 1. The van der Waals surface area contributed by atoms with Gasteiger partial charge in [0.1, 0.15) is 0 Å². The van der Waals surface area contributed by atoms with Crippen LogP contribution in [0.5, 0.6) is 11.5 Å². The number of hydrogen-bond donors (Lipinski definition) is 2. The number of carboxylic acids is 1. The molecule has 2 aromatic carbocycles. The number of carboxylic acid groups (broad SMARTS) is 1. The molecule has 0 aromatic heterocycles. The third kappa shape index (κ3) is 5.68. The van der Waals surface area contributed by atoms with Gasteiger partial charge in [-0.25, -0.2) is 0 Å². The van der Waals surface area contributed by atoms with Gasteiger partial charge in [0.05, 0.1) is 10.7 Å². The number of amides is 1. The van der Waals surface area contributed by atoms with Gasteiger partial charge in [-0.15, -0.1) is 11.8 Å². The average molecular weight is 702 g/mol. The van der Waals surface area contributed by atoms with Crippen molar-refractivity contribution in [2.24, 2.45) is 27.6 Å². The van der Waals surface area contributed by atoms with Crippen molar-refractivity contribution in [2.45, 2.75) is 123 Å². The van der Waals surface area contributed by atoms with Gasteiger partial charge in [0, 0.05) is 42.3 Å². The molecule has 4 aliphatic carbocycles. The Labute approximate surface area is 300 Å². The van der Waals surface area contributed by atoms with E-state index in [4.69, 9.17) is 9.47 Å². The third-order valence-electron chi connectivity index (χ3n) is 13.5. The number of fused-ring (bicyclic) bond motifs is 7. The number of carbonyl (C=O) groups is 4. The second kappa shape index (κ2) is 12.3. The van der Waals surface area contributed by atoms with Crippen LogP contribution < -0.4 is 14.8 Å². The molecule has 268 valence electrons. The summed E-state index contributed by atoms with van der Waals surface area (Å²) in [5.41, 5.74) is 3.52. The number of thioether (sulfide) groups is 1. The summed E-state index contributed by atoms with van der Waals surface area (Å²) in [5.74, 6) is -1.07. The Hall–Kier alpha value is -3.59. The van der Waals surface area contributed by atoms with Crippen LogP contribution >= 0.6 is 11.8 Å². The fourth-order valence-corrected chi connectivity index (χ4v) is 11.6. The van der Waals surface area contributed by atoms with E-state index >= 15 is 0 Å². The smallest absolute Gasteiger partial charge is 0.309 e. The van der Waals surface area contributed by atoms with Gasteiger partial charge in [-0.05, 0) is 122 Å². The van der Waals surface area contributed by atoms with Crippen molar-refractivity contribution < 1.29 is 33.8 Å². The highest BCUT2D eigenvalue weighted by atomic mass is 32.2. The second-order valence-corrected chi connectivity index (χ2v) is 17.9. The molecule has 0 saturated heterocycles. The topological polar surface area (TPSA) is 119 Å². The third-order valence-corrected chi connectivity index (χ3v) is 14.7. The van der Waals surface area contributed by atoms with E-state index in [0.717, 1.165) is 59.4 Å². The summed E-state index contributed by atoms with van der Waals surface area (Å²) in [6.07, 6.45) is 8.56. The van der Waals surface area contributed by atoms with Gasteiger partial charge in [-0.3, -0.25) is 19.2 Å². The van der Waals surface area contributed by atoms with Crippen molar-refractivity contribution in [1.82, 2.24) is 0 Å². The van der Waals surface area contributed by atoms with E-state index in [1.54, 1.807) is 11.8 Å². The molecule has 3 saturated carbocycles. The lowest BCUT2D eigenvalue weighted by molar-refractivity contribution is -0.177. The van der Waals surface area contributed by atoms with Crippen molar-refractivity contribution >= 4 is 41.3 Å². The Morgan fingerprint density at radius 1 is 0.860 bits per heavy atom. The van der Waals surface area contributed by atoms with Crippen LogP contribution in [0.2, 0.25) is 0 Å². The maximum Gasteiger partial charge on any atom is 0.309 e. The number of ether oxygens (including phenoxy) is 2. The Morgan fingerprint density at radius 2 is 1.50 bits per heavy atom. The van der Waals surface area contributed by atoms with Crippen LogP contribution in [0.3, 0.4) is 0 Å². The summed E-state index contributed by atoms with van der Waals surface area (Å²) >= 11 is 1.70. The van der Waals surface area contributed by atoms with Crippen molar-refractivity contribution in [3.05, 3.63) is 58.7 Å². The van der Waals surface area contributed by atoms with Crippen LogP contribution in [0.1, 0.15) is 122 Å². The SMILES string of the molecule is CC(=O)Nc1ccc(SC2C=C3[C@@](C)(CC[C@@]4(C)[C@@H]5C[C@](C)(C(=O)O)CC[C@]5(C)CC[C@]34C)c3cc(OC(C)=O)c(OC(C)=O)c(C)c32)cc1. The summed E-state index contributed by atoms with van der Waals surface area (Å²) in [7, 11) is 0. The van der Waals surface area contributed by atoms with Crippen molar-refractivity contribution in [3.63, 3.8) is 0 Å². The lowest BCUT2D eigenvalue weighted by atomic mass is 9.34. The van der Waals surface area contributed by atoms with Crippen LogP contribution in [0.25, 0.3) is 0 Å². The summed E-state index contributed by atoms with van der Waals surface area (Å²) in [4.78, 5) is 50.1. The first kappa shape index (κ1) is 36.2. The maximum atomic E-state index is 12.6. The molecule has 2 N–H and O–H groups in total. The summed E-state index contributed by atoms with van der Waals surface area (Å²) in [6, 6.07) is 9.74. The molecule has 1 amide bonds. The molecule has 7 atom stereocenters. The second-order valence-electron chi connectivity index (χ2n) is 16.7. The summed E-state index contributed by atoms with van der Waals surface area (Å²) in [5, 5.41) is 13.1. The molecule has 4 aliphatic rings. The lowest BCUT2D eigenvalue weighted by Gasteiger charge is -2.70. The molecule has 3 fully saturated rings. The number of esters is 2. The van der Waals surface area contributed by atoms with Gasteiger partial charge in [0.15, 0.2) is 11.5 Å². The van der Waals surface area contributed by atoms with Gasteiger partial charge in [-0.1, -0.05) is 39.3 Å². The molecule has 6 rings (SSSR count). The summed E-state index contributed by atoms with van der Waals surface area (Å²) < 4.78 is 11.5. The molecular formula is C41H51NO7S. The van der Waals surface area contributed by atoms with Crippen LogP contribution in [-0.2, 0) is 24.6 Å². The number of hydrogen-bond acceptors (Lipinski definition) is 7. The first-order valence-corrected chi connectivity index (χ1v) is 18.7. The number of rotatable bonds is 6. The first-order chi connectivity index (χ1) is 23.3. The van der Waals surface area contributed by atoms with Crippen molar-refractivity contribution in [2.75, 3.05) is 5.32 Å². The van der Waals surface area contributed by atoms with E-state index in [9.17, 15) is 24.3 Å². The Kier molecular flexibility index (Phi) is 8.89. The molecule has 0 radical (unpaired) electrons. The minimum Gasteiger partial charge on any atom is -0.481 e. The molecule has 8 nitrogen and oxygen atoms in total. The van der Waals surface area contributed by atoms with Crippen LogP contribution in [0, 0.1) is 34.5 Å². The molecule has 0 bridgehead atoms. The Balaban J connectivity index is 1.54. The fourth-order valence-electron chi connectivity index (χ4n) is 10.4. The molecule has 0 spiro atoms. The maximum absolute atomic E-state index is 12.6. The van der Waals surface area contributed by atoms with E-state index in [0.29, 0.717) is 12.8 Å². The summed E-state index contributed by atoms with van der Waals surface area (Å²) in [6.45, 7) is 17.6. The number of allylic oxidation sites excluding steroid dienone is 1. The Morgan fingerprint density at radius 3 is 2.10 bits per heavy atom. The van der Waals surface area contributed by atoms with E-state index < -0.39 is 28.7 Å². The zero-order valence-electron chi connectivity index (χ0n) is 30.9. The first-order valence-electron chi connectivity index (χ1n) is 17.8. The number of aliphatic carboxylic acids is 1. The molecular weight excluding hydrogens is 651 g/mol. The minimum absolute atomic E-state index is 0.0753. The van der Waals surface area contributed by atoms with Gasteiger partial charge in [0.25, 0.3) is 0 Å². The van der Waals surface area contributed by atoms with Crippen LogP contribution in [0.15, 0.2) is 46.9 Å². The van der Waals surface area contributed by atoms with Gasteiger partial charge >= 0.3 is 17.9 Å². The molecule has 0 heterocycles.